The first kappa shape index (κ1) is 20.3. The number of piperidine rings is 1. The maximum atomic E-state index is 13.8. The maximum absolute atomic E-state index is 13.8. The summed E-state index contributed by atoms with van der Waals surface area (Å²) >= 11 is 6.18. The van der Waals surface area contributed by atoms with E-state index in [1.165, 1.54) is 31.2 Å². The van der Waals surface area contributed by atoms with Gasteiger partial charge in [0.1, 0.15) is 0 Å². The van der Waals surface area contributed by atoms with Gasteiger partial charge in [-0.3, -0.25) is 9.69 Å². The molecule has 0 radical (unpaired) electrons. The Morgan fingerprint density at radius 2 is 1.94 bits per heavy atom. The number of benzene rings is 2. The van der Waals surface area contributed by atoms with Crippen molar-refractivity contribution in [1.82, 2.24) is 9.47 Å². The number of carbonyl (C=O) groups excluding carboxylic acids is 1. The largest absolute Gasteiger partial charge is 0.381 e. The first-order chi connectivity index (χ1) is 16.1. The van der Waals surface area contributed by atoms with Crippen molar-refractivity contribution in [3.63, 3.8) is 0 Å². The first-order valence-corrected chi connectivity index (χ1v) is 12.7. The van der Waals surface area contributed by atoms with E-state index in [1.807, 2.05) is 24.3 Å². The highest BCUT2D eigenvalue weighted by atomic mass is 35.5. The van der Waals surface area contributed by atoms with E-state index >= 15 is 0 Å². The summed E-state index contributed by atoms with van der Waals surface area (Å²) in [5, 5.41) is 1.79. The molecule has 5 heteroatoms. The number of nitrogens with zero attached hydrogens (tertiary/aromatic N) is 2. The molecule has 170 valence electrons. The zero-order valence-corrected chi connectivity index (χ0v) is 19.8. The Morgan fingerprint density at radius 3 is 2.61 bits per heavy atom. The van der Waals surface area contributed by atoms with Crippen LogP contribution in [0.3, 0.4) is 0 Å². The fraction of sp³-hybridized carbons (Fsp3) is 0.464. The molecule has 0 N–H and O–H groups in total. The van der Waals surface area contributed by atoms with Gasteiger partial charge < -0.3 is 9.30 Å². The number of fused-ring (bicyclic) bond motifs is 1. The highest BCUT2D eigenvalue weighted by molar-refractivity contribution is 6.30. The molecule has 1 spiro atoms. The number of ketones is 1. The minimum Gasteiger partial charge on any atom is -0.381 e. The van der Waals surface area contributed by atoms with Gasteiger partial charge in [-0.1, -0.05) is 23.7 Å². The first-order valence-electron chi connectivity index (χ1n) is 12.3. The summed E-state index contributed by atoms with van der Waals surface area (Å²) in [6.07, 6.45) is 6.29. The number of rotatable bonds is 6. The number of hydrogen-bond acceptors (Lipinski definition) is 3. The van der Waals surface area contributed by atoms with Crippen LogP contribution in [-0.2, 0) is 11.2 Å². The molecule has 2 saturated carbocycles. The zero-order valence-electron chi connectivity index (χ0n) is 19.0. The number of Topliss-reactive ketones (excluding diaryl/α,β-unsaturated/α-hetero) is 1. The fourth-order valence-corrected chi connectivity index (χ4v) is 7.31. The van der Waals surface area contributed by atoms with Crippen LogP contribution in [0.1, 0.15) is 47.3 Å². The molecule has 4 nitrogen and oxygen atoms in total. The molecule has 4 atom stereocenters. The van der Waals surface area contributed by atoms with Gasteiger partial charge in [-0.15, -0.1) is 0 Å². The molecule has 0 amide bonds. The van der Waals surface area contributed by atoms with E-state index < -0.39 is 0 Å². The van der Waals surface area contributed by atoms with Crippen LogP contribution in [0, 0.1) is 18.8 Å². The summed E-state index contributed by atoms with van der Waals surface area (Å²) < 4.78 is 7.62. The van der Waals surface area contributed by atoms with Crippen LogP contribution in [0.4, 0.5) is 0 Å². The summed E-state index contributed by atoms with van der Waals surface area (Å²) in [6.45, 7) is 4.34. The van der Waals surface area contributed by atoms with Gasteiger partial charge in [-0.05, 0) is 80.8 Å². The average Bonchev–Trinajstić information content (AvgIpc) is 3.20. The molecule has 4 fully saturated rings. The van der Waals surface area contributed by atoms with E-state index in [1.54, 1.807) is 0 Å². The summed E-state index contributed by atoms with van der Waals surface area (Å²) in [4.78, 5) is 16.3. The number of carbonyl (C=O) groups is 1. The third kappa shape index (κ3) is 2.87. The predicted octanol–water partition coefficient (Wildman–Crippen LogP) is 5.59. The van der Waals surface area contributed by atoms with E-state index in [4.69, 9.17) is 16.3 Å². The summed E-state index contributed by atoms with van der Waals surface area (Å²) in [5.74, 6) is 1.70. The van der Waals surface area contributed by atoms with Crippen molar-refractivity contribution in [3.05, 3.63) is 64.3 Å². The molecule has 33 heavy (non-hydrogen) atoms. The van der Waals surface area contributed by atoms with Crippen molar-refractivity contribution < 1.29 is 9.53 Å². The van der Waals surface area contributed by atoms with Crippen molar-refractivity contribution in [3.8, 4) is 5.69 Å². The molecule has 4 aliphatic rings. The highest BCUT2D eigenvalue weighted by Gasteiger charge is 2.73. The SMILES string of the molecule is Cc1c(C(=O)CN2C3CCC4CCC432)c2ccc(CC3COC3)cc2n1-c1ccc(Cl)cc1. The minimum absolute atomic E-state index is 0.264. The van der Waals surface area contributed by atoms with Crippen LogP contribution in [0.25, 0.3) is 16.6 Å². The molecule has 2 aliphatic carbocycles. The molecule has 0 bridgehead atoms. The Hall–Kier alpha value is -2.14. The van der Waals surface area contributed by atoms with Crippen LogP contribution in [0.5, 0.6) is 0 Å². The van der Waals surface area contributed by atoms with Gasteiger partial charge in [0.15, 0.2) is 5.78 Å². The van der Waals surface area contributed by atoms with Crippen molar-refractivity contribution in [2.45, 2.75) is 50.6 Å². The summed E-state index contributed by atoms with van der Waals surface area (Å²) in [7, 11) is 0. The number of aromatic nitrogens is 1. The minimum atomic E-state index is 0.264. The molecule has 2 aromatic carbocycles. The van der Waals surface area contributed by atoms with E-state index in [9.17, 15) is 4.79 Å². The maximum Gasteiger partial charge on any atom is 0.179 e. The second-order valence-electron chi connectivity index (χ2n) is 10.6. The van der Waals surface area contributed by atoms with Crippen LogP contribution >= 0.6 is 11.6 Å². The Kier molecular flexibility index (Phi) is 4.41. The third-order valence-electron chi connectivity index (χ3n) is 8.99. The lowest BCUT2D eigenvalue weighted by atomic mass is 9.74. The molecular formula is C28H29ClN2O2. The van der Waals surface area contributed by atoms with Crippen LogP contribution in [0.2, 0.25) is 5.02 Å². The van der Waals surface area contributed by atoms with Gasteiger partial charge in [-0.25, -0.2) is 0 Å². The molecule has 3 aromatic rings. The fourth-order valence-electron chi connectivity index (χ4n) is 7.19. The van der Waals surface area contributed by atoms with Gasteiger partial charge in [0.2, 0.25) is 0 Å². The van der Waals surface area contributed by atoms with Gasteiger partial charge in [0.05, 0.1) is 25.3 Å². The smallest absolute Gasteiger partial charge is 0.179 e. The second kappa shape index (κ2) is 7.18. The lowest BCUT2D eigenvalue weighted by molar-refractivity contribution is -0.0312. The lowest BCUT2D eigenvalue weighted by Crippen LogP contribution is -2.38. The van der Waals surface area contributed by atoms with Gasteiger partial charge in [-0.2, -0.15) is 0 Å². The predicted molar refractivity (Wildman–Crippen MR) is 131 cm³/mol. The highest BCUT2D eigenvalue weighted by Crippen LogP contribution is 2.66. The van der Waals surface area contributed by atoms with Crippen molar-refractivity contribution >= 4 is 28.3 Å². The summed E-state index contributed by atoms with van der Waals surface area (Å²) in [6, 6.07) is 15.2. The molecule has 7 rings (SSSR count). The van der Waals surface area contributed by atoms with Crippen molar-refractivity contribution in [2.24, 2.45) is 11.8 Å². The molecule has 3 heterocycles. The van der Waals surface area contributed by atoms with Crippen molar-refractivity contribution in [2.75, 3.05) is 19.8 Å². The Balaban J connectivity index is 1.29. The Bertz CT molecular complexity index is 1280. The van der Waals surface area contributed by atoms with Gasteiger partial charge >= 0.3 is 0 Å². The van der Waals surface area contributed by atoms with E-state index in [0.717, 1.165) is 58.4 Å². The van der Waals surface area contributed by atoms with E-state index in [0.29, 0.717) is 24.0 Å². The van der Waals surface area contributed by atoms with E-state index in [-0.39, 0.29) is 5.78 Å². The van der Waals surface area contributed by atoms with Gasteiger partial charge in [0, 0.05) is 44.9 Å². The monoisotopic (exact) mass is 460 g/mol. The summed E-state index contributed by atoms with van der Waals surface area (Å²) in [5.41, 5.74) is 5.76. The molecule has 2 saturated heterocycles. The second-order valence-corrected chi connectivity index (χ2v) is 11.0. The lowest BCUT2D eigenvalue weighted by Gasteiger charge is -2.35. The van der Waals surface area contributed by atoms with Crippen molar-refractivity contribution in [1.29, 1.82) is 0 Å². The topological polar surface area (TPSA) is 34.2 Å². The average molecular weight is 461 g/mol. The molecule has 1 aromatic heterocycles. The number of ether oxygens (including phenoxy) is 1. The third-order valence-corrected chi connectivity index (χ3v) is 9.24. The van der Waals surface area contributed by atoms with Gasteiger partial charge in [0.25, 0.3) is 0 Å². The molecule has 4 unspecified atom stereocenters. The Morgan fingerprint density at radius 1 is 1.12 bits per heavy atom. The molecular weight excluding hydrogens is 432 g/mol. The standard InChI is InChI=1S/C28H29ClN2O2/c1-17-27(25(32)14-30-26-9-3-20-10-11-28(20,26)30)23-8-2-18(12-19-15-33-16-19)13-24(23)31(17)22-6-4-21(29)5-7-22/h2,4-8,13,19-20,26H,3,9-12,14-16H2,1H3. The number of halogens is 1. The number of hydrogen-bond donors (Lipinski definition) is 0. The van der Waals surface area contributed by atoms with Crippen LogP contribution < -0.4 is 0 Å². The normalized spacial score (nSPS) is 29.9. The van der Waals surface area contributed by atoms with Crippen LogP contribution in [-0.4, -0.2) is 46.6 Å². The number of likely N-dealkylation sites (tertiary alicyclic amines) is 1. The quantitative estimate of drug-likeness (QED) is 0.355. The van der Waals surface area contributed by atoms with E-state index in [2.05, 4.69) is 34.6 Å². The van der Waals surface area contributed by atoms with Crippen LogP contribution in [0.15, 0.2) is 42.5 Å². The Labute approximate surface area is 199 Å². The zero-order chi connectivity index (χ0) is 22.3. The molecule has 2 aliphatic heterocycles.